The van der Waals surface area contributed by atoms with Crippen molar-refractivity contribution in [3.05, 3.63) is 59.3 Å². The number of methoxy groups -OCH3 is 1. The summed E-state index contributed by atoms with van der Waals surface area (Å²) in [7, 11) is 5.00. The van der Waals surface area contributed by atoms with Crippen molar-refractivity contribution in [2.75, 3.05) is 51.1 Å². The zero-order valence-electron chi connectivity index (χ0n) is 22.6. The third kappa shape index (κ3) is 4.59. The van der Waals surface area contributed by atoms with Crippen LogP contribution in [0.15, 0.2) is 42.6 Å². The third-order valence-corrected chi connectivity index (χ3v) is 7.83. The number of fused-ring (bicyclic) bond motifs is 2. The van der Waals surface area contributed by atoms with Gasteiger partial charge in [-0.15, -0.1) is 0 Å². The lowest BCUT2D eigenvalue weighted by atomic mass is 10.0. The molecule has 10 nitrogen and oxygen atoms in total. The van der Waals surface area contributed by atoms with Gasteiger partial charge < -0.3 is 24.6 Å². The highest BCUT2D eigenvalue weighted by molar-refractivity contribution is 6.03. The van der Waals surface area contributed by atoms with Crippen molar-refractivity contribution in [1.29, 1.82) is 0 Å². The average Bonchev–Trinajstić information content (AvgIpc) is 3.70. The zero-order valence-corrected chi connectivity index (χ0v) is 22.6. The van der Waals surface area contributed by atoms with Gasteiger partial charge in [0.05, 0.1) is 30.4 Å². The van der Waals surface area contributed by atoms with Crippen LogP contribution in [-0.4, -0.2) is 72.4 Å². The first-order chi connectivity index (χ1) is 19.5. The van der Waals surface area contributed by atoms with Crippen LogP contribution in [0.5, 0.6) is 17.4 Å². The van der Waals surface area contributed by atoms with Crippen molar-refractivity contribution in [2.45, 2.75) is 24.6 Å². The number of carbonyl (C=O) groups excluding carboxylic acids is 2. The normalized spacial score (nSPS) is 18.1. The van der Waals surface area contributed by atoms with Crippen molar-refractivity contribution in [1.82, 2.24) is 19.8 Å². The van der Waals surface area contributed by atoms with Gasteiger partial charge in [-0.05, 0) is 43.7 Å². The molecule has 214 valence electrons. The number of nitrogens with zero attached hydrogens (tertiary/aromatic N) is 5. The largest absolute Gasteiger partial charge is 0.494 e. The number of carbonyl (C=O) groups is 2. The van der Waals surface area contributed by atoms with Crippen molar-refractivity contribution in [3.8, 4) is 17.4 Å². The van der Waals surface area contributed by atoms with Crippen LogP contribution in [-0.2, 0) is 16.5 Å². The van der Waals surface area contributed by atoms with E-state index >= 15 is 0 Å². The second kappa shape index (κ2) is 9.61. The van der Waals surface area contributed by atoms with E-state index in [1.807, 2.05) is 11.9 Å². The molecule has 2 aliphatic heterocycles. The second-order valence-electron chi connectivity index (χ2n) is 10.4. The van der Waals surface area contributed by atoms with Crippen molar-refractivity contribution >= 4 is 29.1 Å². The number of hydrogen-bond donors (Lipinski definition) is 1. The van der Waals surface area contributed by atoms with E-state index in [4.69, 9.17) is 9.47 Å². The van der Waals surface area contributed by atoms with E-state index in [9.17, 15) is 22.8 Å². The van der Waals surface area contributed by atoms with Crippen molar-refractivity contribution in [2.24, 2.45) is 0 Å². The van der Waals surface area contributed by atoms with Gasteiger partial charge in [-0.25, -0.2) is 4.98 Å². The third-order valence-electron chi connectivity index (χ3n) is 7.83. The SMILES string of the molecule is COc1cc(N2CCN(C)CC2=O)ccc1Nc1ncc(C(F)(F)F)c(Oc2cccc3c2C(=O)N(C)C32CC2)n1. The summed E-state index contributed by atoms with van der Waals surface area (Å²) >= 11 is 0. The smallest absolute Gasteiger partial charge is 0.423 e. The number of nitrogens with one attached hydrogen (secondary N) is 1. The number of piperazine rings is 1. The molecule has 2 aromatic carbocycles. The Morgan fingerprint density at radius 1 is 1.05 bits per heavy atom. The molecular formula is C28H27F3N6O4. The molecular weight excluding hydrogens is 541 g/mol. The lowest BCUT2D eigenvalue weighted by Gasteiger charge is -2.32. The highest BCUT2D eigenvalue weighted by Crippen LogP contribution is 2.57. The molecule has 2 amide bonds. The van der Waals surface area contributed by atoms with Crippen LogP contribution in [0.2, 0.25) is 0 Å². The number of anilines is 3. The first-order valence-corrected chi connectivity index (χ1v) is 13.0. The molecule has 1 saturated heterocycles. The van der Waals surface area contributed by atoms with E-state index in [1.54, 1.807) is 47.2 Å². The van der Waals surface area contributed by atoms with Gasteiger partial charge >= 0.3 is 6.18 Å². The predicted octanol–water partition coefficient (Wildman–Crippen LogP) is 4.39. The van der Waals surface area contributed by atoms with Gasteiger partial charge in [-0.1, -0.05) is 12.1 Å². The predicted molar refractivity (Wildman–Crippen MR) is 143 cm³/mol. The van der Waals surface area contributed by atoms with Crippen LogP contribution in [0.25, 0.3) is 0 Å². The fraction of sp³-hybridized carbons (Fsp3) is 0.357. The molecule has 0 bridgehead atoms. The van der Waals surface area contributed by atoms with Gasteiger partial charge in [0.1, 0.15) is 17.1 Å². The lowest BCUT2D eigenvalue weighted by molar-refractivity contribution is -0.139. The topological polar surface area (TPSA) is 100 Å². The summed E-state index contributed by atoms with van der Waals surface area (Å²) in [5.74, 6) is -0.947. The fourth-order valence-corrected chi connectivity index (χ4v) is 5.43. The van der Waals surface area contributed by atoms with E-state index < -0.39 is 23.2 Å². The highest BCUT2D eigenvalue weighted by Gasteiger charge is 2.57. The number of hydrogen-bond acceptors (Lipinski definition) is 8. The molecule has 41 heavy (non-hydrogen) atoms. The van der Waals surface area contributed by atoms with Crippen LogP contribution >= 0.6 is 0 Å². The first kappa shape index (κ1) is 26.8. The summed E-state index contributed by atoms with van der Waals surface area (Å²) in [6, 6.07) is 9.93. The molecule has 0 unspecified atom stereocenters. The average molecular weight is 569 g/mol. The molecule has 0 radical (unpaired) electrons. The Bertz CT molecular complexity index is 1560. The lowest BCUT2D eigenvalue weighted by Crippen LogP contribution is -2.48. The standard InChI is InChI=1S/C28H27F3N6O4/c1-35-11-12-37(22(38)15-35)16-7-8-19(21(13-16)40-3)33-26-32-14-18(28(29,30)31)24(34-26)41-20-6-4-5-17-23(20)25(39)36(2)27(17)9-10-27/h4-8,13-14H,9-12,15H2,1-3H3,(H,32,33,34). The summed E-state index contributed by atoms with van der Waals surface area (Å²) in [5.41, 5.74) is 0.377. The molecule has 1 spiro atoms. The van der Waals surface area contributed by atoms with E-state index in [0.717, 1.165) is 18.4 Å². The van der Waals surface area contributed by atoms with Crippen LogP contribution in [0.4, 0.5) is 30.5 Å². The maximum atomic E-state index is 13.9. The number of amides is 2. The van der Waals surface area contributed by atoms with Crippen molar-refractivity contribution < 1.29 is 32.2 Å². The van der Waals surface area contributed by atoms with Gasteiger partial charge in [0.2, 0.25) is 17.7 Å². The molecule has 3 aromatic rings. The van der Waals surface area contributed by atoms with E-state index in [1.165, 1.54) is 13.2 Å². The Labute approximate surface area is 233 Å². The Morgan fingerprint density at radius 2 is 1.83 bits per heavy atom. The number of ether oxygens (including phenoxy) is 2. The summed E-state index contributed by atoms with van der Waals surface area (Å²) in [5, 5.41) is 2.89. The van der Waals surface area contributed by atoms with E-state index in [2.05, 4.69) is 15.3 Å². The molecule has 1 N–H and O–H groups in total. The van der Waals surface area contributed by atoms with Gasteiger partial charge in [0, 0.05) is 38.1 Å². The Morgan fingerprint density at radius 3 is 2.51 bits per heavy atom. The first-order valence-electron chi connectivity index (χ1n) is 13.0. The van der Waals surface area contributed by atoms with Gasteiger partial charge in [-0.2, -0.15) is 18.2 Å². The van der Waals surface area contributed by atoms with Gasteiger partial charge in [-0.3, -0.25) is 14.5 Å². The van der Waals surface area contributed by atoms with Gasteiger partial charge in [0.25, 0.3) is 5.91 Å². The fourth-order valence-electron chi connectivity index (χ4n) is 5.43. The molecule has 0 atom stereocenters. The second-order valence-corrected chi connectivity index (χ2v) is 10.4. The van der Waals surface area contributed by atoms with E-state index in [-0.39, 0.29) is 35.6 Å². The summed E-state index contributed by atoms with van der Waals surface area (Å²) in [6.07, 6.45) is -2.61. The zero-order chi connectivity index (χ0) is 29.1. The molecule has 1 saturated carbocycles. The number of likely N-dealkylation sites (N-methyl/N-ethyl adjacent to an activating group) is 1. The summed E-state index contributed by atoms with van der Waals surface area (Å²) < 4.78 is 53.0. The number of aromatic nitrogens is 2. The monoisotopic (exact) mass is 568 g/mol. The Kier molecular flexibility index (Phi) is 6.29. The quantitative estimate of drug-likeness (QED) is 0.468. The van der Waals surface area contributed by atoms with E-state index in [0.29, 0.717) is 36.4 Å². The van der Waals surface area contributed by atoms with Crippen LogP contribution in [0.1, 0.15) is 34.3 Å². The van der Waals surface area contributed by atoms with Crippen molar-refractivity contribution in [3.63, 3.8) is 0 Å². The minimum Gasteiger partial charge on any atom is -0.494 e. The molecule has 2 fully saturated rings. The van der Waals surface area contributed by atoms with Crippen LogP contribution in [0.3, 0.4) is 0 Å². The molecule has 6 rings (SSSR count). The minimum atomic E-state index is -4.81. The van der Waals surface area contributed by atoms with Crippen LogP contribution in [0, 0.1) is 0 Å². The molecule has 3 heterocycles. The maximum absolute atomic E-state index is 13.9. The Balaban J connectivity index is 1.32. The number of alkyl halides is 3. The minimum absolute atomic E-state index is 0.00273. The Hall–Kier alpha value is -4.39. The number of rotatable bonds is 6. The molecule has 1 aromatic heterocycles. The number of benzene rings is 2. The molecule has 1 aliphatic carbocycles. The highest BCUT2D eigenvalue weighted by atomic mass is 19.4. The summed E-state index contributed by atoms with van der Waals surface area (Å²) in [4.78, 5) is 38.6. The summed E-state index contributed by atoms with van der Waals surface area (Å²) in [6.45, 7) is 1.51. The van der Waals surface area contributed by atoms with Gasteiger partial charge in [0.15, 0.2) is 0 Å². The maximum Gasteiger partial charge on any atom is 0.423 e. The van der Waals surface area contributed by atoms with Crippen LogP contribution < -0.4 is 19.7 Å². The number of halogens is 3. The molecule has 3 aliphatic rings. The molecule has 13 heteroatoms.